The van der Waals surface area contributed by atoms with E-state index in [0.29, 0.717) is 5.56 Å². The second-order valence-electron chi connectivity index (χ2n) is 7.18. The van der Waals surface area contributed by atoms with E-state index in [1.165, 1.54) is 11.0 Å². The third kappa shape index (κ3) is 4.66. The van der Waals surface area contributed by atoms with Crippen molar-refractivity contribution in [3.63, 3.8) is 0 Å². The highest BCUT2D eigenvalue weighted by Crippen LogP contribution is 2.38. The van der Waals surface area contributed by atoms with Crippen LogP contribution in [-0.4, -0.2) is 39.3 Å². The number of aliphatic hydroxyl groups excluding tert-OH is 1. The van der Waals surface area contributed by atoms with Crippen LogP contribution >= 0.6 is 0 Å². The lowest BCUT2D eigenvalue weighted by Crippen LogP contribution is -2.32. The predicted octanol–water partition coefficient (Wildman–Crippen LogP) is 3.84. The fourth-order valence-electron chi connectivity index (χ4n) is 3.46. The third-order valence-corrected chi connectivity index (χ3v) is 4.98. The highest BCUT2D eigenvalue weighted by atomic mass is 16.4. The lowest BCUT2D eigenvalue weighted by atomic mass is 9.95. The average molecular weight is 405 g/mol. The van der Waals surface area contributed by atoms with E-state index in [0.717, 1.165) is 11.1 Å². The van der Waals surface area contributed by atoms with Gasteiger partial charge in [0.25, 0.3) is 5.91 Å². The largest absolute Gasteiger partial charge is 0.503 e. The Morgan fingerprint density at radius 3 is 2.37 bits per heavy atom. The summed E-state index contributed by atoms with van der Waals surface area (Å²) in [5.74, 6) is -2.68. The Bertz CT molecular complexity index is 1010. The minimum absolute atomic E-state index is 0.00589. The minimum atomic E-state index is -0.965. The van der Waals surface area contributed by atoms with E-state index in [1.807, 2.05) is 61.5 Å². The number of allylic oxidation sites excluding steroid dienone is 1. The second kappa shape index (κ2) is 9.22. The van der Waals surface area contributed by atoms with Crippen LogP contribution in [0.15, 0.2) is 72.0 Å². The van der Waals surface area contributed by atoms with Gasteiger partial charge in [-0.2, -0.15) is 0 Å². The number of aliphatic carboxylic acids is 1. The van der Waals surface area contributed by atoms with Gasteiger partial charge in [-0.1, -0.05) is 66.2 Å². The number of benzene rings is 2. The number of hydrogen-bond donors (Lipinski definition) is 2. The zero-order valence-electron chi connectivity index (χ0n) is 16.6. The molecular formula is C24H23NO5. The van der Waals surface area contributed by atoms with E-state index >= 15 is 0 Å². The molecule has 1 aliphatic rings. The number of hydrogen-bond acceptors (Lipinski definition) is 4. The van der Waals surface area contributed by atoms with Crippen molar-refractivity contribution in [2.45, 2.75) is 25.8 Å². The van der Waals surface area contributed by atoms with Gasteiger partial charge in [0.05, 0.1) is 11.6 Å². The Hall–Kier alpha value is -3.67. The van der Waals surface area contributed by atoms with Gasteiger partial charge in [-0.25, -0.2) is 0 Å². The number of ketones is 1. The van der Waals surface area contributed by atoms with Crippen LogP contribution in [0.5, 0.6) is 0 Å². The second-order valence-corrected chi connectivity index (χ2v) is 7.18. The molecule has 3 rings (SSSR count). The number of carbonyl (C=O) groups excluding carboxylic acids is 2. The number of carboxylic acids is 1. The van der Waals surface area contributed by atoms with Crippen LogP contribution in [0.25, 0.3) is 6.08 Å². The molecule has 1 heterocycles. The van der Waals surface area contributed by atoms with E-state index in [2.05, 4.69) is 0 Å². The summed E-state index contributed by atoms with van der Waals surface area (Å²) in [4.78, 5) is 37.9. The van der Waals surface area contributed by atoms with Crippen molar-refractivity contribution in [3.8, 4) is 0 Å². The van der Waals surface area contributed by atoms with Crippen LogP contribution in [0.3, 0.4) is 0 Å². The predicted molar refractivity (Wildman–Crippen MR) is 113 cm³/mol. The molecule has 0 radical (unpaired) electrons. The van der Waals surface area contributed by atoms with Crippen LogP contribution in [0, 0.1) is 6.92 Å². The van der Waals surface area contributed by atoms with Crippen molar-refractivity contribution in [2.75, 3.05) is 6.54 Å². The molecule has 0 aromatic heterocycles. The first kappa shape index (κ1) is 21.0. The van der Waals surface area contributed by atoms with Crippen molar-refractivity contribution in [3.05, 3.63) is 88.7 Å². The molecule has 6 heteroatoms. The number of aliphatic hydroxyl groups is 1. The van der Waals surface area contributed by atoms with E-state index in [1.54, 1.807) is 6.08 Å². The number of rotatable bonds is 8. The molecule has 6 nitrogen and oxygen atoms in total. The Morgan fingerprint density at radius 1 is 1.07 bits per heavy atom. The van der Waals surface area contributed by atoms with Gasteiger partial charge < -0.3 is 15.1 Å². The van der Waals surface area contributed by atoms with Gasteiger partial charge in [-0.3, -0.25) is 14.4 Å². The van der Waals surface area contributed by atoms with Gasteiger partial charge in [-0.05, 0) is 30.5 Å². The normalized spacial score (nSPS) is 16.5. The van der Waals surface area contributed by atoms with E-state index in [9.17, 15) is 19.5 Å². The van der Waals surface area contributed by atoms with Crippen LogP contribution in [-0.2, 0) is 14.4 Å². The first-order chi connectivity index (χ1) is 14.4. The van der Waals surface area contributed by atoms with Crippen LogP contribution in [0.4, 0.5) is 0 Å². The smallest absolute Gasteiger partial charge is 0.303 e. The number of carbonyl (C=O) groups is 3. The molecule has 0 bridgehead atoms. The van der Waals surface area contributed by atoms with Crippen LogP contribution in [0.2, 0.25) is 0 Å². The molecule has 1 atom stereocenters. The molecule has 0 saturated carbocycles. The van der Waals surface area contributed by atoms with Crippen molar-refractivity contribution < 1.29 is 24.6 Å². The molecule has 1 amide bonds. The molecule has 0 fully saturated rings. The molecule has 154 valence electrons. The molecule has 30 heavy (non-hydrogen) atoms. The molecule has 1 aliphatic heterocycles. The van der Waals surface area contributed by atoms with Gasteiger partial charge in [0.1, 0.15) is 0 Å². The van der Waals surface area contributed by atoms with Crippen LogP contribution in [0.1, 0.15) is 35.6 Å². The number of carboxylic acid groups (broad SMARTS) is 1. The minimum Gasteiger partial charge on any atom is -0.503 e. The number of aryl methyl sites for hydroxylation is 1. The first-order valence-electron chi connectivity index (χ1n) is 9.68. The molecule has 2 aromatic carbocycles. The Labute approximate surface area is 174 Å². The van der Waals surface area contributed by atoms with E-state index in [-0.39, 0.29) is 25.0 Å². The maximum absolute atomic E-state index is 13.0. The van der Waals surface area contributed by atoms with E-state index < -0.39 is 29.5 Å². The zero-order valence-corrected chi connectivity index (χ0v) is 16.6. The van der Waals surface area contributed by atoms with Crippen molar-refractivity contribution in [1.29, 1.82) is 0 Å². The van der Waals surface area contributed by atoms with Gasteiger partial charge in [-0.15, -0.1) is 0 Å². The third-order valence-electron chi connectivity index (χ3n) is 4.98. The maximum Gasteiger partial charge on any atom is 0.303 e. The summed E-state index contributed by atoms with van der Waals surface area (Å²) in [6.07, 6.45) is 3.09. The highest BCUT2D eigenvalue weighted by Gasteiger charge is 2.42. The molecule has 0 aliphatic carbocycles. The molecule has 2 N–H and O–H groups in total. The van der Waals surface area contributed by atoms with E-state index in [4.69, 9.17) is 5.11 Å². The molecular weight excluding hydrogens is 382 g/mol. The summed E-state index contributed by atoms with van der Waals surface area (Å²) in [6, 6.07) is 15.8. The Morgan fingerprint density at radius 2 is 1.73 bits per heavy atom. The summed E-state index contributed by atoms with van der Waals surface area (Å²) in [5.41, 5.74) is 2.53. The zero-order chi connectivity index (χ0) is 21.7. The van der Waals surface area contributed by atoms with Crippen molar-refractivity contribution in [2.24, 2.45) is 0 Å². The Balaban J connectivity index is 1.94. The monoisotopic (exact) mass is 405 g/mol. The molecule has 2 aromatic rings. The van der Waals surface area contributed by atoms with Crippen molar-refractivity contribution >= 4 is 23.7 Å². The lowest BCUT2D eigenvalue weighted by Gasteiger charge is -2.26. The SMILES string of the molecule is Cc1ccc([C@H]2C(C(=O)/C=C/c3ccccc3)=C(O)C(=O)N2CCCC(=O)O)cc1. The molecule has 0 saturated heterocycles. The molecule has 0 spiro atoms. The average Bonchev–Trinajstić information content (AvgIpc) is 2.98. The van der Waals surface area contributed by atoms with Crippen LogP contribution < -0.4 is 0 Å². The summed E-state index contributed by atoms with van der Waals surface area (Å²) in [5, 5.41) is 19.4. The van der Waals surface area contributed by atoms with Gasteiger partial charge in [0, 0.05) is 13.0 Å². The summed E-state index contributed by atoms with van der Waals surface area (Å²) < 4.78 is 0. The topological polar surface area (TPSA) is 94.9 Å². The fraction of sp³-hybridized carbons (Fsp3) is 0.208. The van der Waals surface area contributed by atoms with Gasteiger partial charge in [0.15, 0.2) is 11.5 Å². The standard InChI is InChI=1S/C24H23NO5/c1-16-9-12-18(13-10-16)22-21(19(26)14-11-17-6-3-2-4-7-17)23(29)24(30)25(22)15-5-8-20(27)28/h2-4,6-7,9-14,22,29H,5,8,15H2,1H3,(H,27,28)/b14-11+/t22-/m0/s1. The summed E-state index contributed by atoms with van der Waals surface area (Å²) in [7, 11) is 0. The molecule has 0 unspecified atom stereocenters. The maximum atomic E-state index is 13.0. The summed E-state index contributed by atoms with van der Waals surface area (Å²) >= 11 is 0. The quantitative estimate of drug-likeness (QED) is 0.651. The van der Waals surface area contributed by atoms with Gasteiger partial charge in [0.2, 0.25) is 0 Å². The summed E-state index contributed by atoms with van der Waals surface area (Å²) in [6.45, 7) is 2.04. The first-order valence-corrected chi connectivity index (χ1v) is 9.68. The van der Waals surface area contributed by atoms with Gasteiger partial charge >= 0.3 is 5.97 Å². The lowest BCUT2D eigenvalue weighted by molar-refractivity contribution is -0.138. The number of amides is 1. The fourth-order valence-corrected chi connectivity index (χ4v) is 3.46. The Kier molecular flexibility index (Phi) is 6.47. The van der Waals surface area contributed by atoms with Crippen molar-refractivity contribution in [1.82, 2.24) is 4.90 Å². The highest BCUT2D eigenvalue weighted by molar-refractivity contribution is 6.14. The number of nitrogens with zero attached hydrogens (tertiary/aromatic N) is 1.